The number of benzene rings is 2. The highest BCUT2D eigenvalue weighted by atomic mass is 16.5. The van der Waals surface area contributed by atoms with Crippen LogP contribution in [-0.2, 0) is 9.59 Å². The summed E-state index contributed by atoms with van der Waals surface area (Å²) in [5.41, 5.74) is 1.56. The molecule has 2 aliphatic heterocycles. The smallest absolute Gasteiger partial charge is 0.227 e. The fourth-order valence-corrected chi connectivity index (χ4v) is 5.56. The van der Waals surface area contributed by atoms with Gasteiger partial charge < -0.3 is 29.3 Å². The number of methoxy groups -OCH3 is 3. The molecule has 0 aliphatic carbocycles. The summed E-state index contributed by atoms with van der Waals surface area (Å²) in [4.78, 5) is 31.2. The van der Waals surface area contributed by atoms with E-state index in [1.165, 1.54) is 12.8 Å². The Bertz CT molecular complexity index is 1080. The fourth-order valence-electron chi connectivity index (χ4n) is 5.56. The normalized spacial score (nSPS) is 20.7. The molecule has 2 aliphatic rings. The van der Waals surface area contributed by atoms with E-state index in [4.69, 9.17) is 14.2 Å². The van der Waals surface area contributed by atoms with Crippen LogP contribution in [-0.4, -0.2) is 64.2 Å². The van der Waals surface area contributed by atoms with Gasteiger partial charge in [-0.1, -0.05) is 13.0 Å². The Kier molecular flexibility index (Phi) is 9.50. The van der Waals surface area contributed by atoms with Crippen LogP contribution in [0.5, 0.6) is 17.2 Å². The number of piperidine rings is 2. The highest BCUT2D eigenvalue weighted by molar-refractivity contribution is 5.97. The zero-order valence-corrected chi connectivity index (χ0v) is 23.1. The van der Waals surface area contributed by atoms with Gasteiger partial charge in [0.1, 0.15) is 5.75 Å². The van der Waals surface area contributed by atoms with Gasteiger partial charge in [-0.25, -0.2) is 0 Å². The maximum absolute atomic E-state index is 13.6. The van der Waals surface area contributed by atoms with Gasteiger partial charge in [-0.2, -0.15) is 0 Å². The Morgan fingerprint density at radius 1 is 0.947 bits per heavy atom. The van der Waals surface area contributed by atoms with Crippen LogP contribution >= 0.6 is 0 Å². The molecule has 206 valence electrons. The quantitative estimate of drug-likeness (QED) is 0.464. The molecule has 4 rings (SSSR count). The molecule has 1 N–H and O–H groups in total. The van der Waals surface area contributed by atoms with Crippen LogP contribution in [0.4, 0.5) is 5.69 Å². The van der Waals surface area contributed by atoms with Gasteiger partial charge in [0.2, 0.25) is 11.8 Å². The number of hydrogen-bond donors (Lipinski definition) is 1. The van der Waals surface area contributed by atoms with Crippen LogP contribution < -0.4 is 24.4 Å². The van der Waals surface area contributed by atoms with Gasteiger partial charge in [0, 0.05) is 18.7 Å². The molecular formula is C30H41N3O5. The molecule has 0 bridgehead atoms. The summed E-state index contributed by atoms with van der Waals surface area (Å²) < 4.78 is 16.3. The van der Waals surface area contributed by atoms with Crippen molar-refractivity contribution in [2.24, 2.45) is 11.8 Å². The standard InChI is InChI=1S/C30H41N3O5/c1-21-14-18-32(19-15-21)17-5-16-31-30(35)25-11-13-28(34)33(23-7-9-24(36-2)10-8-23)29(25)22-6-12-26(37-3)27(20-22)38-4/h6-10,12,20-21,25,29H,5,11,13-19H2,1-4H3,(H,31,35)/t25-,29-/m0/s1. The molecule has 0 aromatic heterocycles. The number of anilines is 1. The molecule has 0 unspecified atom stereocenters. The lowest BCUT2D eigenvalue weighted by molar-refractivity contribution is -0.129. The summed E-state index contributed by atoms with van der Waals surface area (Å²) in [5, 5.41) is 3.18. The number of ether oxygens (including phenoxy) is 3. The number of nitrogens with one attached hydrogen (secondary N) is 1. The van der Waals surface area contributed by atoms with Crippen molar-refractivity contribution in [3.8, 4) is 17.2 Å². The third kappa shape index (κ3) is 6.41. The van der Waals surface area contributed by atoms with Gasteiger partial charge in [0.25, 0.3) is 0 Å². The van der Waals surface area contributed by atoms with Gasteiger partial charge in [-0.15, -0.1) is 0 Å². The van der Waals surface area contributed by atoms with Gasteiger partial charge in [-0.3, -0.25) is 9.59 Å². The van der Waals surface area contributed by atoms with Crippen molar-refractivity contribution < 1.29 is 23.8 Å². The lowest BCUT2D eigenvalue weighted by Gasteiger charge is -2.41. The average Bonchev–Trinajstić information content (AvgIpc) is 2.95. The largest absolute Gasteiger partial charge is 0.497 e. The monoisotopic (exact) mass is 523 g/mol. The van der Waals surface area contributed by atoms with Crippen molar-refractivity contribution in [1.29, 1.82) is 0 Å². The Morgan fingerprint density at radius 2 is 1.66 bits per heavy atom. The molecule has 2 amide bonds. The van der Waals surface area contributed by atoms with E-state index in [9.17, 15) is 9.59 Å². The maximum Gasteiger partial charge on any atom is 0.227 e. The van der Waals surface area contributed by atoms with Gasteiger partial charge >= 0.3 is 0 Å². The molecule has 38 heavy (non-hydrogen) atoms. The minimum absolute atomic E-state index is 0.0154. The zero-order chi connectivity index (χ0) is 27.1. The van der Waals surface area contributed by atoms with Crippen molar-refractivity contribution in [3.05, 3.63) is 48.0 Å². The van der Waals surface area contributed by atoms with Gasteiger partial charge in [-0.05, 0) is 93.2 Å². The molecule has 2 aromatic carbocycles. The lowest BCUT2D eigenvalue weighted by Crippen LogP contribution is -2.48. The van der Waals surface area contributed by atoms with Gasteiger partial charge in [0.05, 0.1) is 33.3 Å². The molecule has 8 nitrogen and oxygen atoms in total. The summed E-state index contributed by atoms with van der Waals surface area (Å²) in [5.74, 6) is 2.24. The third-order valence-electron chi connectivity index (χ3n) is 7.86. The van der Waals surface area contributed by atoms with Crippen LogP contribution in [0.2, 0.25) is 0 Å². The Balaban J connectivity index is 1.55. The van der Waals surface area contributed by atoms with E-state index in [1.54, 1.807) is 26.2 Å². The lowest BCUT2D eigenvalue weighted by atomic mass is 9.83. The first-order valence-electron chi connectivity index (χ1n) is 13.6. The van der Waals surface area contributed by atoms with Crippen molar-refractivity contribution in [1.82, 2.24) is 10.2 Å². The molecule has 8 heteroatoms. The highest BCUT2D eigenvalue weighted by Gasteiger charge is 2.41. The highest BCUT2D eigenvalue weighted by Crippen LogP contribution is 2.42. The van der Waals surface area contributed by atoms with Crippen molar-refractivity contribution in [2.45, 2.75) is 45.1 Å². The molecule has 2 aromatic rings. The first-order valence-corrected chi connectivity index (χ1v) is 13.6. The second-order valence-electron chi connectivity index (χ2n) is 10.3. The van der Waals surface area contributed by atoms with E-state index >= 15 is 0 Å². The van der Waals surface area contributed by atoms with Crippen LogP contribution in [0.15, 0.2) is 42.5 Å². The average molecular weight is 524 g/mol. The van der Waals surface area contributed by atoms with E-state index in [0.717, 1.165) is 43.2 Å². The second kappa shape index (κ2) is 13.0. The SMILES string of the molecule is COc1ccc(N2C(=O)CC[C@H](C(=O)NCCCN3CCC(C)CC3)[C@@H]2c2ccc(OC)c(OC)c2)cc1. The van der Waals surface area contributed by atoms with Crippen LogP contribution in [0.1, 0.15) is 50.6 Å². The summed E-state index contributed by atoms with van der Waals surface area (Å²) in [7, 11) is 4.79. The van der Waals surface area contributed by atoms with E-state index in [1.807, 2.05) is 42.5 Å². The summed E-state index contributed by atoms with van der Waals surface area (Å²) in [6.07, 6.45) is 4.20. The molecule has 2 saturated heterocycles. The fraction of sp³-hybridized carbons (Fsp3) is 0.533. The Morgan fingerprint density at radius 3 is 2.32 bits per heavy atom. The molecule has 0 saturated carbocycles. The second-order valence-corrected chi connectivity index (χ2v) is 10.3. The number of amides is 2. The first-order chi connectivity index (χ1) is 18.4. The molecule has 2 heterocycles. The molecule has 0 spiro atoms. The predicted molar refractivity (Wildman–Crippen MR) is 148 cm³/mol. The van der Waals surface area contributed by atoms with Crippen molar-refractivity contribution >= 4 is 17.5 Å². The maximum atomic E-state index is 13.6. The Labute approximate surface area is 226 Å². The summed E-state index contributed by atoms with van der Waals surface area (Å²) in [6.45, 7) is 6.20. The van der Waals surface area contributed by atoms with Gasteiger partial charge in [0.15, 0.2) is 11.5 Å². The molecule has 2 fully saturated rings. The first kappa shape index (κ1) is 27.8. The number of likely N-dealkylation sites (tertiary alicyclic amines) is 1. The molecule has 2 atom stereocenters. The minimum atomic E-state index is -0.479. The number of carbonyl (C=O) groups is 2. The zero-order valence-electron chi connectivity index (χ0n) is 23.1. The Hall–Kier alpha value is -3.26. The minimum Gasteiger partial charge on any atom is -0.497 e. The summed E-state index contributed by atoms with van der Waals surface area (Å²) >= 11 is 0. The molecule has 0 radical (unpaired) electrons. The number of rotatable bonds is 10. The van der Waals surface area contributed by atoms with Crippen molar-refractivity contribution in [2.75, 3.05) is 52.4 Å². The van der Waals surface area contributed by atoms with E-state index in [0.29, 0.717) is 36.6 Å². The number of carbonyl (C=O) groups excluding carboxylic acids is 2. The predicted octanol–water partition coefficient (Wildman–Crippen LogP) is 4.43. The summed E-state index contributed by atoms with van der Waals surface area (Å²) in [6, 6.07) is 12.5. The molecular weight excluding hydrogens is 482 g/mol. The van der Waals surface area contributed by atoms with Crippen molar-refractivity contribution in [3.63, 3.8) is 0 Å². The van der Waals surface area contributed by atoms with Crippen LogP contribution in [0.25, 0.3) is 0 Å². The van der Waals surface area contributed by atoms with Crippen LogP contribution in [0, 0.1) is 11.8 Å². The number of nitrogens with zero attached hydrogens (tertiary/aromatic N) is 2. The van der Waals surface area contributed by atoms with E-state index in [-0.39, 0.29) is 11.8 Å². The third-order valence-corrected chi connectivity index (χ3v) is 7.86. The topological polar surface area (TPSA) is 80.3 Å². The van der Waals surface area contributed by atoms with E-state index < -0.39 is 12.0 Å². The number of hydrogen-bond acceptors (Lipinski definition) is 6. The van der Waals surface area contributed by atoms with E-state index in [2.05, 4.69) is 17.1 Å². The van der Waals surface area contributed by atoms with Crippen LogP contribution in [0.3, 0.4) is 0 Å².